The van der Waals surface area contributed by atoms with Crippen LogP contribution in [0, 0.1) is 22.7 Å². The Morgan fingerprint density at radius 1 is 1.00 bits per heavy atom. The fourth-order valence-electron chi connectivity index (χ4n) is 6.20. The summed E-state index contributed by atoms with van der Waals surface area (Å²) >= 11 is 0. The van der Waals surface area contributed by atoms with Gasteiger partial charge < -0.3 is 0 Å². The van der Waals surface area contributed by atoms with Crippen molar-refractivity contribution in [2.24, 2.45) is 22.7 Å². The van der Waals surface area contributed by atoms with Crippen molar-refractivity contribution in [3.63, 3.8) is 0 Å². The molecule has 0 amide bonds. The Kier molecular flexibility index (Phi) is 3.99. The lowest BCUT2D eigenvalue weighted by atomic mass is 9.43. The number of rotatable bonds is 7. The smallest absolute Gasteiger partial charge is 0.139 e. The van der Waals surface area contributed by atoms with E-state index in [0.29, 0.717) is 11.2 Å². The fraction of sp³-hybridized carbons (Fsp3) is 0.947. The minimum absolute atomic E-state index is 0.129. The summed E-state index contributed by atoms with van der Waals surface area (Å²) in [5.74, 6) is 2.41. The lowest BCUT2D eigenvalue weighted by Crippen LogP contribution is -2.53. The van der Waals surface area contributed by atoms with E-state index < -0.39 is 0 Å². The van der Waals surface area contributed by atoms with Crippen LogP contribution in [-0.4, -0.2) is 5.78 Å². The van der Waals surface area contributed by atoms with E-state index in [9.17, 15) is 4.79 Å². The molecule has 2 unspecified atom stereocenters. The van der Waals surface area contributed by atoms with Crippen molar-refractivity contribution in [2.75, 3.05) is 0 Å². The normalized spacial score (nSPS) is 42.1. The van der Waals surface area contributed by atoms with Crippen LogP contribution in [0.25, 0.3) is 0 Å². The van der Waals surface area contributed by atoms with E-state index in [1.807, 2.05) is 0 Å². The average Bonchev–Trinajstić information content (AvgIpc) is 2.35. The molecule has 0 aromatic rings. The van der Waals surface area contributed by atoms with Crippen LogP contribution < -0.4 is 0 Å². The number of ketones is 1. The van der Waals surface area contributed by atoms with Crippen molar-refractivity contribution in [1.82, 2.24) is 0 Å². The van der Waals surface area contributed by atoms with E-state index in [1.165, 1.54) is 64.2 Å². The van der Waals surface area contributed by atoms with Crippen LogP contribution in [0.1, 0.15) is 90.9 Å². The van der Waals surface area contributed by atoms with Gasteiger partial charge in [-0.15, -0.1) is 0 Å². The molecule has 0 spiro atoms. The van der Waals surface area contributed by atoms with E-state index in [2.05, 4.69) is 13.8 Å². The Balaban J connectivity index is 1.57. The van der Waals surface area contributed by atoms with Crippen LogP contribution in [0.5, 0.6) is 0 Å². The standard InChI is InChI=1S/C19H32O/c1-3-4-5-6-7-8-17(20)19-12-15-9-16(13-19)11-18(2,10-15)14-19/h15-16H,3-14H2,1-2H3. The summed E-state index contributed by atoms with van der Waals surface area (Å²) in [7, 11) is 0. The van der Waals surface area contributed by atoms with Gasteiger partial charge in [0.15, 0.2) is 0 Å². The first-order valence-corrected chi connectivity index (χ1v) is 9.09. The Labute approximate surface area is 124 Å². The highest BCUT2D eigenvalue weighted by Gasteiger charge is 2.58. The second-order valence-corrected chi connectivity index (χ2v) is 8.64. The molecule has 0 N–H and O–H groups in total. The molecule has 4 aliphatic carbocycles. The van der Waals surface area contributed by atoms with Crippen LogP contribution in [0.2, 0.25) is 0 Å². The topological polar surface area (TPSA) is 17.1 Å². The molecule has 0 aliphatic heterocycles. The highest BCUT2D eigenvalue weighted by atomic mass is 16.1. The van der Waals surface area contributed by atoms with Crippen molar-refractivity contribution in [3.05, 3.63) is 0 Å². The summed E-state index contributed by atoms with van der Waals surface area (Å²) in [6.07, 6.45) is 15.2. The van der Waals surface area contributed by atoms with Crippen LogP contribution in [0.15, 0.2) is 0 Å². The Hall–Kier alpha value is -0.330. The molecule has 114 valence electrons. The number of carbonyl (C=O) groups is 1. The molecule has 4 bridgehead atoms. The molecule has 4 fully saturated rings. The summed E-state index contributed by atoms with van der Waals surface area (Å²) in [4.78, 5) is 12.9. The van der Waals surface area contributed by atoms with Gasteiger partial charge in [-0.25, -0.2) is 0 Å². The Morgan fingerprint density at radius 2 is 1.65 bits per heavy atom. The second kappa shape index (κ2) is 5.46. The summed E-state index contributed by atoms with van der Waals surface area (Å²) in [5.41, 5.74) is 0.644. The number of carbonyl (C=O) groups excluding carboxylic acids is 1. The summed E-state index contributed by atoms with van der Waals surface area (Å²) < 4.78 is 0. The van der Waals surface area contributed by atoms with Gasteiger partial charge in [0.2, 0.25) is 0 Å². The molecular formula is C19H32O. The molecule has 0 radical (unpaired) electrons. The molecule has 4 saturated carbocycles. The summed E-state index contributed by atoms with van der Waals surface area (Å²) in [6, 6.07) is 0. The Bertz CT molecular complexity index is 356. The summed E-state index contributed by atoms with van der Waals surface area (Å²) in [5, 5.41) is 0. The van der Waals surface area contributed by atoms with Crippen molar-refractivity contribution in [1.29, 1.82) is 0 Å². The van der Waals surface area contributed by atoms with E-state index >= 15 is 0 Å². The van der Waals surface area contributed by atoms with Crippen molar-refractivity contribution in [3.8, 4) is 0 Å². The fourth-order valence-corrected chi connectivity index (χ4v) is 6.20. The first-order valence-electron chi connectivity index (χ1n) is 9.09. The van der Waals surface area contributed by atoms with Crippen molar-refractivity contribution in [2.45, 2.75) is 90.9 Å². The zero-order valence-electron chi connectivity index (χ0n) is 13.5. The number of hydrogen-bond donors (Lipinski definition) is 0. The predicted molar refractivity (Wildman–Crippen MR) is 83.6 cm³/mol. The minimum atomic E-state index is 0.129. The maximum Gasteiger partial charge on any atom is 0.139 e. The zero-order valence-corrected chi connectivity index (χ0v) is 13.5. The van der Waals surface area contributed by atoms with Gasteiger partial charge in [-0.05, 0) is 62.2 Å². The first kappa shape index (κ1) is 14.6. The van der Waals surface area contributed by atoms with Gasteiger partial charge in [-0.1, -0.05) is 39.5 Å². The van der Waals surface area contributed by atoms with Crippen molar-refractivity contribution >= 4 is 5.78 Å². The molecule has 1 nitrogen and oxygen atoms in total. The second-order valence-electron chi connectivity index (χ2n) is 8.64. The molecule has 0 saturated heterocycles. The number of unbranched alkanes of at least 4 members (excludes halogenated alkanes) is 4. The van der Waals surface area contributed by atoms with E-state index in [4.69, 9.17) is 0 Å². The van der Waals surface area contributed by atoms with Crippen LogP contribution in [0.3, 0.4) is 0 Å². The minimum Gasteiger partial charge on any atom is -0.299 e. The average molecular weight is 276 g/mol. The largest absolute Gasteiger partial charge is 0.299 e. The predicted octanol–water partition coefficient (Wildman–Crippen LogP) is 5.52. The van der Waals surface area contributed by atoms with Gasteiger partial charge in [0.05, 0.1) is 0 Å². The van der Waals surface area contributed by atoms with Gasteiger partial charge in [0.1, 0.15) is 5.78 Å². The first-order chi connectivity index (χ1) is 9.55. The van der Waals surface area contributed by atoms with Crippen LogP contribution in [0.4, 0.5) is 0 Å². The molecule has 2 atom stereocenters. The molecule has 0 aromatic carbocycles. The van der Waals surface area contributed by atoms with Gasteiger partial charge in [0.25, 0.3) is 0 Å². The third-order valence-corrected chi connectivity index (χ3v) is 6.45. The molecule has 0 heterocycles. The third kappa shape index (κ3) is 2.70. The number of hydrogen-bond acceptors (Lipinski definition) is 1. The lowest BCUT2D eigenvalue weighted by molar-refractivity contribution is -0.153. The molecule has 20 heavy (non-hydrogen) atoms. The van der Waals surface area contributed by atoms with Crippen LogP contribution in [-0.2, 0) is 4.79 Å². The molecule has 0 aromatic heterocycles. The Morgan fingerprint density at radius 3 is 2.25 bits per heavy atom. The van der Waals surface area contributed by atoms with Crippen LogP contribution >= 0.6 is 0 Å². The highest BCUT2D eigenvalue weighted by Crippen LogP contribution is 2.65. The van der Waals surface area contributed by atoms with Crippen molar-refractivity contribution < 1.29 is 4.79 Å². The van der Waals surface area contributed by atoms with Gasteiger partial charge in [0, 0.05) is 11.8 Å². The lowest BCUT2D eigenvalue weighted by Gasteiger charge is -2.60. The molecule has 1 heteroatoms. The monoisotopic (exact) mass is 276 g/mol. The molecule has 4 rings (SSSR count). The maximum absolute atomic E-state index is 12.9. The van der Waals surface area contributed by atoms with Gasteiger partial charge in [-0.2, -0.15) is 0 Å². The third-order valence-electron chi connectivity index (χ3n) is 6.45. The summed E-state index contributed by atoms with van der Waals surface area (Å²) in [6.45, 7) is 4.72. The van der Waals surface area contributed by atoms with E-state index in [0.717, 1.165) is 24.7 Å². The van der Waals surface area contributed by atoms with E-state index in [1.54, 1.807) is 0 Å². The van der Waals surface area contributed by atoms with Gasteiger partial charge in [-0.3, -0.25) is 4.79 Å². The van der Waals surface area contributed by atoms with Gasteiger partial charge >= 0.3 is 0 Å². The van der Waals surface area contributed by atoms with E-state index in [-0.39, 0.29) is 5.41 Å². The SMILES string of the molecule is CCCCCCCC(=O)C12CC3CC(CC(C)(C3)C1)C2. The quantitative estimate of drug-likeness (QED) is 0.559. The maximum atomic E-state index is 12.9. The molecular weight excluding hydrogens is 244 g/mol. The zero-order chi connectivity index (χ0) is 14.2. The highest BCUT2D eigenvalue weighted by molar-refractivity contribution is 5.85. The molecule has 4 aliphatic rings. The number of Topliss-reactive ketones (excluding diaryl/α,β-unsaturated/α-hetero) is 1.